The van der Waals surface area contributed by atoms with Crippen LogP contribution in [0.2, 0.25) is 0 Å². The van der Waals surface area contributed by atoms with Crippen LogP contribution in [-0.2, 0) is 34.0 Å². The molecular weight excluding hydrogens is 586 g/mol. The molecule has 3 amide bonds. The molecule has 0 aliphatic carbocycles. The second kappa shape index (κ2) is 14.4. The molecular formula is C35H41N5O6. The third kappa shape index (κ3) is 10.3. The number of nitrogens with zero attached hydrogens (tertiary/aromatic N) is 3. The molecule has 0 saturated carbocycles. The molecule has 46 heavy (non-hydrogen) atoms. The Morgan fingerprint density at radius 2 is 1.43 bits per heavy atom. The second-order valence-corrected chi connectivity index (χ2v) is 12.7. The SMILES string of the molecule is CC(=O)Nc1ccc2ccc(COc3cccc(CNCc4cccc(N(C(=O)OC(C)(C)C)C(=O)OC(C)(C)C)n4)c3)cc2n1. The van der Waals surface area contributed by atoms with Gasteiger partial charge in [-0.15, -0.1) is 0 Å². The average Bonchev–Trinajstić information content (AvgIpc) is 2.94. The van der Waals surface area contributed by atoms with E-state index in [-0.39, 0.29) is 11.7 Å². The lowest BCUT2D eigenvalue weighted by Gasteiger charge is -2.28. The molecule has 0 bridgehead atoms. The van der Waals surface area contributed by atoms with Gasteiger partial charge in [-0.25, -0.2) is 19.6 Å². The van der Waals surface area contributed by atoms with Gasteiger partial charge in [-0.1, -0.05) is 30.3 Å². The summed E-state index contributed by atoms with van der Waals surface area (Å²) in [7, 11) is 0. The van der Waals surface area contributed by atoms with E-state index in [0.29, 0.717) is 37.0 Å². The fraction of sp³-hybridized carbons (Fsp3) is 0.343. The number of hydrogen-bond donors (Lipinski definition) is 2. The van der Waals surface area contributed by atoms with Crippen LogP contribution in [0.15, 0.2) is 72.8 Å². The minimum absolute atomic E-state index is 0.105. The molecule has 2 heterocycles. The lowest BCUT2D eigenvalue weighted by molar-refractivity contribution is -0.114. The van der Waals surface area contributed by atoms with E-state index >= 15 is 0 Å². The summed E-state index contributed by atoms with van der Waals surface area (Å²) < 4.78 is 17.0. The molecule has 0 fully saturated rings. The van der Waals surface area contributed by atoms with Crippen LogP contribution >= 0.6 is 0 Å². The van der Waals surface area contributed by atoms with E-state index < -0.39 is 23.4 Å². The van der Waals surface area contributed by atoms with Crippen molar-refractivity contribution in [3.8, 4) is 5.75 Å². The highest BCUT2D eigenvalue weighted by atomic mass is 16.6. The molecule has 2 aromatic heterocycles. The molecule has 0 spiro atoms. The van der Waals surface area contributed by atoms with Gasteiger partial charge in [0.1, 0.15) is 35.2 Å². The highest BCUT2D eigenvalue weighted by Crippen LogP contribution is 2.22. The summed E-state index contributed by atoms with van der Waals surface area (Å²) in [6, 6.07) is 22.4. The second-order valence-electron chi connectivity index (χ2n) is 12.7. The summed E-state index contributed by atoms with van der Waals surface area (Å²) in [6.45, 7) is 13.0. The van der Waals surface area contributed by atoms with Crippen LogP contribution in [0.5, 0.6) is 5.75 Å². The first-order chi connectivity index (χ1) is 21.6. The van der Waals surface area contributed by atoms with Crippen molar-refractivity contribution >= 4 is 40.6 Å². The van der Waals surface area contributed by atoms with E-state index in [0.717, 1.165) is 26.9 Å². The van der Waals surface area contributed by atoms with E-state index in [9.17, 15) is 14.4 Å². The van der Waals surface area contributed by atoms with Crippen LogP contribution in [0.3, 0.4) is 0 Å². The number of imide groups is 1. The van der Waals surface area contributed by atoms with Gasteiger partial charge in [0.15, 0.2) is 0 Å². The van der Waals surface area contributed by atoms with Crippen molar-refractivity contribution in [3.63, 3.8) is 0 Å². The van der Waals surface area contributed by atoms with Gasteiger partial charge in [-0.2, -0.15) is 4.90 Å². The number of amides is 3. The van der Waals surface area contributed by atoms with Gasteiger partial charge in [0.2, 0.25) is 5.91 Å². The summed E-state index contributed by atoms with van der Waals surface area (Å²) in [5.41, 5.74) is 1.69. The summed E-state index contributed by atoms with van der Waals surface area (Å²) in [5.74, 6) is 1.15. The van der Waals surface area contributed by atoms with E-state index in [1.54, 1.807) is 65.8 Å². The van der Waals surface area contributed by atoms with Crippen LogP contribution < -0.4 is 20.3 Å². The van der Waals surface area contributed by atoms with Crippen molar-refractivity contribution in [1.82, 2.24) is 15.3 Å². The molecule has 2 aromatic carbocycles. The molecule has 0 aliphatic heterocycles. The Labute approximate surface area is 269 Å². The van der Waals surface area contributed by atoms with Crippen molar-refractivity contribution in [2.45, 2.75) is 79.4 Å². The number of nitrogens with one attached hydrogen (secondary N) is 2. The van der Waals surface area contributed by atoms with Gasteiger partial charge < -0.3 is 24.8 Å². The first-order valence-electron chi connectivity index (χ1n) is 15.0. The average molecular weight is 628 g/mol. The van der Waals surface area contributed by atoms with Crippen LogP contribution in [-0.4, -0.2) is 39.3 Å². The number of carbonyl (C=O) groups is 3. The van der Waals surface area contributed by atoms with Crippen molar-refractivity contribution in [1.29, 1.82) is 0 Å². The highest BCUT2D eigenvalue weighted by molar-refractivity contribution is 6.08. The predicted octanol–water partition coefficient (Wildman–Crippen LogP) is 7.13. The Balaban J connectivity index is 1.38. The minimum Gasteiger partial charge on any atom is -0.489 e. The lowest BCUT2D eigenvalue weighted by Crippen LogP contribution is -2.44. The highest BCUT2D eigenvalue weighted by Gasteiger charge is 2.33. The Morgan fingerprint density at radius 1 is 0.761 bits per heavy atom. The standard InChI is InChI=1S/C35H41N5O6/c1-23(41)37-30-17-16-26-15-14-25(19-29(26)39-30)22-44-28-12-8-10-24(18-28)20-36-21-27-11-9-13-31(38-27)40(32(42)45-34(2,3)4)33(43)46-35(5,6)7/h8-19,36H,20-22H2,1-7H3,(H,37,39,41). The van der Waals surface area contributed by atoms with Gasteiger partial charge in [0.25, 0.3) is 0 Å². The molecule has 242 valence electrons. The Kier molecular flexibility index (Phi) is 10.6. The van der Waals surface area contributed by atoms with Gasteiger partial charge in [-0.3, -0.25) is 4.79 Å². The van der Waals surface area contributed by atoms with E-state index in [1.165, 1.54) is 6.92 Å². The van der Waals surface area contributed by atoms with Crippen LogP contribution in [0.25, 0.3) is 10.9 Å². The first kappa shape index (κ1) is 33.9. The summed E-state index contributed by atoms with van der Waals surface area (Å²) in [6.07, 6.45) is -1.74. The Morgan fingerprint density at radius 3 is 2.11 bits per heavy atom. The van der Waals surface area contributed by atoms with Gasteiger partial charge in [0.05, 0.1) is 11.2 Å². The summed E-state index contributed by atoms with van der Waals surface area (Å²) >= 11 is 0. The molecule has 2 N–H and O–H groups in total. The van der Waals surface area contributed by atoms with Crippen LogP contribution in [0, 0.1) is 0 Å². The van der Waals surface area contributed by atoms with E-state index in [2.05, 4.69) is 20.6 Å². The number of benzene rings is 2. The third-order valence-electron chi connectivity index (χ3n) is 6.17. The smallest absolute Gasteiger partial charge is 0.425 e. The topological polar surface area (TPSA) is 132 Å². The maximum atomic E-state index is 13.0. The number of fused-ring (bicyclic) bond motifs is 1. The molecule has 11 heteroatoms. The molecule has 0 unspecified atom stereocenters. The maximum Gasteiger partial charge on any atom is 0.425 e. The van der Waals surface area contributed by atoms with Crippen LogP contribution in [0.4, 0.5) is 21.2 Å². The molecule has 0 aliphatic rings. The number of hydrogen-bond acceptors (Lipinski definition) is 9. The Bertz CT molecular complexity index is 1680. The number of carbonyl (C=O) groups excluding carboxylic acids is 3. The summed E-state index contributed by atoms with van der Waals surface area (Å²) in [5, 5.41) is 7.03. The zero-order valence-electron chi connectivity index (χ0n) is 27.3. The van der Waals surface area contributed by atoms with Crippen molar-refractivity contribution in [2.24, 2.45) is 0 Å². The van der Waals surface area contributed by atoms with Gasteiger partial charge >= 0.3 is 12.2 Å². The summed E-state index contributed by atoms with van der Waals surface area (Å²) in [4.78, 5) is 47.3. The third-order valence-corrected chi connectivity index (χ3v) is 6.17. The number of aromatic nitrogens is 2. The van der Waals surface area contributed by atoms with E-state index in [1.807, 2.05) is 48.5 Å². The predicted molar refractivity (Wildman–Crippen MR) is 177 cm³/mol. The van der Waals surface area contributed by atoms with Crippen LogP contribution in [0.1, 0.15) is 65.3 Å². The zero-order chi connectivity index (χ0) is 33.5. The van der Waals surface area contributed by atoms with Crippen molar-refractivity contribution in [2.75, 3.05) is 10.2 Å². The molecule has 0 atom stereocenters. The number of anilines is 2. The fourth-order valence-electron chi connectivity index (χ4n) is 4.32. The molecule has 11 nitrogen and oxygen atoms in total. The number of ether oxygens (including phenoxy) is 3. The van der Waals surface area contributed by atoms with Gasteiger partial charge in [0, 0.05) is 25.4 Å². The van der Waals surface area contributed by atoms with Gasteiger partial charge in [-0.05, 0) is 95.1 Å². The quantitative estimate of drug-likeness (QED) is 0.199. The lowest BCUT2D eigenvalue weighted by atomic mass is 10.1. The number of pyridine rings is 2. The first-order valence-corrected chi connectivity index (χ1v) is 15.0. The minimum atomic E-state index is -0.870. The molecule has 4 rings (SSSR count). The monoisotopic (exact) mass is 627 g/mol. The molecule has 0 radical (unpaired) electrons. The number of rotatable bonds is 9. The Hall–Kier alpha value is -5.03. The largest absolute Gasteiger partial charge is 0.489 e. The van der Waals surface area contributed by atoms with Crippen molar-refractivity contribution < 1.29 is 28.6 Å². The molecule has 0 saturated heterocycles. The zero-order valence-corrected chi connectivity index (χ0v) is 27.3. The van der Waals surface area contributed by atoms with Crippen molar-refractivity contribution in [3.05, 3.63) is 89.6 Å². The fourth-order valence-corrected chi connectivity index (χ4v) is 4.32. The normalized spacial score (nSPS) is 11.5. The van der Waals surface area contributed by atoms with E-state index in [4.69, 9.17) is 14.2 Å². The maximum absolute atomic E-state index is 13.0. The molecule has 4 aromatic rings.